The van der Waals surface area contributed by atoms with Gasteiger partial charge in [-0.25, -0.2) is 0 Å². The first-order valence-electron chi connectivity index (χ1n) is 6.61. The molecule has 0 aromatic heterocycles. The van der Waals surface area contributed by atoms with Crippen LogP contribution in [0.3, 0.4) is 0 Å². The van der Waals surface area contributed by atoms with E-state index < -0.39 is 0 Å². The van der Waals surface area contributed by atoms with Gasteiger partial charge in [0.1, 0.15) is 0 Å². The summed E-state index contributed by atoms with van der Waals surface area (Å²) < 4.78 is 0. The van der Waals surface area contributed by atoms with Crippen LogP contribution in [0.4, 0.5) is 0 Å². The van der Waals surface area contributed by atoms with Crippen molar-refractivity contribution in [3.05, 3.63) is 0 Å². The summed E-state index contributed by atoms with van der Waals surface area (Å²) in [5.74, 6) is 2.97. The third kappa shape index (κ3) is 1.72. The number of hydrogen-bond donors (Lipinski definition) is 1. The van der Waals surface area contributed by atoms with E-state index in [1.165, 1.54) is 45.6 Å². The van der Waals surface area contributed by atoms with Crippen molar-refractivity contribution in [1.82, 2.24) is 10.2 Å². The fourth-order valence-corrected chi connectivity index (χ4v) is 3.81. The standard InChI is InChI=1S/C13H24N2/c1-13(2)11-8-15(9-12(11)13)7-10-4-3-5-14-6-10/h10-12,14H,3-9H2,1-2H3. The molecular weight excluding hydrogens is 184 g/mol. The predicted molar refractivity (Wildman–Crippen MR) is 62.8 cm³/mol. The van der Waals surface area contributed by atoms with Crippen molar-refractivity contribution in [2.75, 3.05) is 32.7 Å². The average molecular weight is 208 g/mol. The number of likely N-dealkylation sites (tertiary alicyclic amines) is 1. The van der Waals surface area contributed by atoms with Gasteiger partial charge in [0.25, 0.3) is 0 Å². The van der Waals surface area contributed by atoms with Crippen LogP contribution in [0.25, 0.3) is 0 Å². The minimum Gasteiger partial charge on any atom is -0.316 e. The second-order valence-corrected chi connectivity index (χ2v) is 6.47. The van der Waals surface area contributed by atoms with Crippen molar-refractivity contribution in [3.63, 3.8) is 0 Å². The molecule has 2 nitrogen and oxygen atoms in total. The van der Waals surface area contributed by atoms with Crippen LogP contribution in [-0.4, -0.2) is 37.6 Å². The lowest BCUT2D eigenvalue weighted by Crippen LogP contribution is -2.38. The molecule has 1 N–H and O–H groups in total. The molecule has 3 atom stereocenters. The van der Waals surface area contributed by atoms with E-state index in [9.17, 15) is 0 Å². The van der Waals surface area contributed by atoms with Gasteiger partial charge in [0.05, 0.1) is 0 Å². The Labute approximate surface area is 93.4 Å². The molecule has 1 aliphatic carbocycles. The minimum atomic E-state index is 0.682. The van der Waals surface area contributed by atoms with E-state index in [2.05, 4.69) is 24.1 Å². The zero-order valence-electron chi connectivity index (χ0n) is 10.1. The SMILES string of the molecule is CC1(C)C2CN(CC3CCCNC3)CC21. The molecule has 3 unspecified atom stereocenters. The topological polar surface area (TPSA) is 15.3 Å². The Kier molecular flexibility index (Phi) is 2.33. The van der Waals surface area contributed by atoms with Crippen LogP contribution in [0.5, 0.6) is 0 Å². The van der Waals surface area contributed by atoms with Gasteiger partial charge in [-0.2, -0.15) is 0 Å². The largest absolute Gasteiger partial charge is 0.316 e. The maximum Gasteiger partial charge on any atom is 0.00220 e. The molecule has 0 aromatic carbocycles. The molecule has 3 rings (SSSR count). The van der Waals surface area contributed by atoms with Crippen LogP contribution >= 0.6 is 0 Å². The molecule has 0 radical (unpaired) electrons. The van der Waals surface area contributed by atoms with E-state index in [1.54, 1.807) is 0 Å². The summed E-state index contributed by atoms with van der Waals surface area (Å²) in [6, 6.07) is 0. The fourth-order valence-electron chi connectivity index (χ4n) is 3.81. The van der Waals surface area contributed by atoms with E-state index in [-0.39, 0.29) is 0 Å². The molecule has 0 aromatic rings. The summed E-state index contributed by atoms with van der Waals surface area (Å²) in [5, 5.41) is 3.52. The summed E-state index contributed by atoms with van der Waals surface area (Å²) in [7, 11) is 0. The number of nitrogens with one attached hydrogen (secondary N) is 1. The van der Waals surface area contributed by atoms with Gasteiger partial charge in [0, 0.05) is 19.6 Å². The van der Waals surface area contributed by atoms with Crippen LogP contribution in [-0.2, 0) is 0 Å². The highest BCUT2D eigenvalue weighted by Crippen LogP contribution is 2.61. The first-order valence-corrected chi connectivity index (χ1v) is 6.61. The number of fused-ring (bicyclic) bond motifs is 1. The minimum absolute atomic E-state index is 0.682. The molecule has 1 saturated carbocycles. The molecule has 15 heavy (non-hydrogen) atoms. The normalized spacial score (nSPS) is 44.0. The van der Waals surface area contributed by atoms with Crippen molar-refractivity contribution < 1.29 is 0 Å². The van der Waals surface area contributed by atoms with Gasteiger partial charge in [-0.3, -0.25) is 0 Å². The van der Waals surface area contributed by atoms with Crippen molar-refractivity contribution in [1.29, 1.82) is 0 Å². The number of nitrogens with zero attached hydrogens (tertiary/aromatic N) is 1. The van der Waals surface area contributed by atoms with E-state index in [4.69, 9.17) is 0 Å². The van der Waals surface area contributed by atoms with Crippen LogP contribution in [0.2, 0.25) is 0 Å². The quantitative estimate of drug-likeness (QED) is 0.741. The van der Waals surface area contributed by atoms with Crippen LogP contribution in [0.15, 0.2) is 0 Å². The van der Waals surface area contributed by atoms with Gasteiger partial charge >= 0.3 is 0 Å². The van der Waals surface area contributed by atoms with Gasteiger partial charge in [0.2, 0.25) is 0 Å². The van der Waals surface area contributed by atoms with Gasteiger partial charge in [-0.15, -0.1) is 0 Å². The molecule has 2 heteroatoms. The monoisotopic (exact) mass is 208 g/mol. The maximum absolute atomic E-state index is 3.52. The van der Waals surface area contributed by atoms with E-state index in [0.717, 1.165) is 17.8 Å². The molecule has 3 fully saturated rings. The number of hydrogen-bond acceptors (Lipinski definition) is 2. The molecule has 2 saturated heterocycles. The van der Waals surface area contributed by atoms with Crippen molar-refractivity contribution in [2.45, 2.75) is 26.7 Å². The summed E-state index contributed by atoms with van der Waals surface area (Å²) >= 11 is 0. The summed E-state index contributed by atoms with van der Waals surface area (Å²) in [6.07, 6.45) is 2.83. The Hall–Kier alpha value is -0.0800. The second kappa shape index (κ2) is 3.46. The Morgan fingerprint density at radius 1 is 1.27 bits per heavy atom. The zero-order valence-corrected chi connectivity index (χ0v) is 10.1. The Balaban J connectivity index is 1.47. The fraction of sp³-hybridized carbons (Fsp3) is 1.00. The molecule has 0 bridgehead atoms. The highest BCUT2D eigenvalue weighted by atomic mass is 15.2. The third-order valence-corrected chi connectivity index (χ3v) is 5.11. The molecule has 2 aliphatic heterocycles. The Bertz CT molecular complexity index is 229. The molecule has 86 valence electrons. The first kappa shape index (κ1) is 10.1. The lowest BCUT2D eigenvalue weighted by Gasteiger charge is -2.29. The van der Waals surface area contributed by atoms with Crippen LogP contribution < -0.4 is 5.32 Å². The van der Waals surface area contributed by atoms with Gasteiger partial charge in [-0.1, -0.05) is 13.8 Å². The smallest absolute Gasteiger partial charge is 0.00220 e. The summed E-state index contributed by atoms with van der Waals surface area (Å²) in [4.78, 5) is 2.72. The van der Waals surface area contributed by atoms with Crippen molar-refractivity contribution in [3.8, 4) is 0 Å². The Morgan fingerprint density at radius 2 is 2.00 bits per heavy atom. The lowest BCUT2D eigenvalue weighted by atomic mass is 9.98. The molecule has 2 heterocycles. The molecule has 3 aliphatic rings. The van der Waals surface area contributed by atoms with Crippen molar-refractivity contribution >= 4 is 0 Å². The van der Waals surface area contributed by atoms with Gasteiger partial charge < -0.3 is 10.2 Å². The van der Waals surface area contributed by atoms with Gasteiger partial charge in [0.15, 0.2) is 0 Å². The number of piperidine rings is 2. The summed E-state index contributed by atoms with van der Waals surface area (Å²) in [5.41, 5.74) is 0.682. The molecule has 0 amide bonds. The maximum atomic E-state index is 3.52. The third-order valence-electron chi connectivity index (χ3n) is 5.11. The van der Waals surface area contributed by atoms with Crippen molar-refractivity contribution in [2.24, 2.45) is 23.2 Å². The molecule has 0 spiro atoms. The van der Waals surface area contributed by atoms with E-state index >= 15 is 0 Å². The van der Waals surface area contributed by atoms with Crippen LogP contribution in [0.1, 0.15) is 26.7 Å². The second-order valence-electron chi connectivity index (χ2n) is 6.47. The van der Waals surface area contributed by atoms with E-state index in [1.807, 2.05) is 0 Å². The zero-order chi connectivity index (χ0) is 10.5. The predicted octanol–water partition coefficient (Wildman–Crippen LogP) is 1.57. The Morgan fingerprint density at radius 3 is 2.60 bits per heavy atom. The van der Waals surface area contributed by atoms with Crippen LogP contribution in [0, 0.1) is 23.2 Å². The number of rotatable bonds is 2. The molecular formula is C13H24N2. The summed E-state index contributed by atoms with van der Waals surface area (Å²) in [6.45, 7) is 11.5. The van der Waals surface area contributed by atoms with E-state index in [0.29, 0.717) is 5.41 Å². The van der Waals surface area contributed by atoms with Gasteiger partial charge in [-0.05, 0) is 49.1 Å². The highest BCUT2D eigenvalue weighted by molar-refractivity contribution is 5.11. The average Bonchev–Trinajstić information content (AvgIpc) is 2.64. The highest BCUT2D eigenvalue weighted by Gasteiger charge is 2.61. The lowest BCUT2D eigenvalue weighted by molar-refractivity contribution is 0.203. The first-order chi connectivity index (χ1) is 7.18.